The molecule has 0 aliphatic carbocycles. The molecule has 1 N–H and O–H groups in total. The summed E-state index contributed by atoms with van der Waals surface area (Å²) in [5, 5.41) is 22.7. The second kappa shape index (κ2) is 7.44. The van der Waals surface area contributed by atoms with Gasteiger partial charge in [-0.25, -0.2) is 0 Å². The second-order valence-electron chi connectivity index (χ2n) is 5.65. The maximum Gasteiger partial charge on any atom is 0.296 e. The largest absolute Gasteiger partial charge is 0.496 e. The van der Waals surface area contributed by atoms with Gasteiger partial charge in [-0.15, -0.1) is 10.2 Å². The second-order valence-corrected chi connectivity index (χ2v) is 7.60. The van der Waals surface area contributed by atoms with Crippen LogP contribution in [0.5, 0.6) is 5.75 Å². The quantitative estimate of drug-likeness (QED) is 0.291. The average Bonchev–Trinajstić information content (AvgIpc) is 3.25. The fourth-order valence-corrected chi connectivity index (χ4v) is 4.43. The van der Waals surface area contributed by atoms with Crippen molar-refractivity contribution in [2.75, 3.05) is 18.2 Å². The van der Waals surface area contributed by atoms with Crippen molar-refractivity contribution in [3.63, 3.8) is 0 Å². The Morgan fingerprint density at radius 1 is 1.32 bits per heavy atom. The standard InChI is InChI=1S/C17H13N5O4S2/c1-26-10-6-7-11(13(8-10)22(24)25)18-15(23)9-27-16-19-20-17-21(16)12-4-2-3-5-14(12)28-17/h2-8H,9H2,1H3,(H,18,23). The number of anilines is 1. The van der Waals surface area contributed by atoms with Crippen LogP contribution in [0.1, 0.15) is 0 Å². The predicted octanol–water partition coefficient (Wildman–Crippen LogP) is 3.59. The molecule has 0 saturated carbocycles. The van der Waals surface area contributed by atoms with Crippen LogP contribution in [-0.2, 0) is 4.79 Å². The minimum absolute atomic E-state index is 0.0359. The number of carbonyl (C=O) groups is 1. The summed E-state index contributed by atoms with van der Waals surface area (Å²) in [5.41, 5.74) is 0.858. The molecule has 2 aromatic carbocycles. The number of methoxy groups -OCH3 is 1. The lowest BCUT2D eigenvalue weighted by molar-refractivity contribution is -0.384. The van der Waals surface area contributed by atoms with Crippen LogP contribution in [0.15, 0.2) is 47.6 Å². The van der Waals surface area contributed by atoms with Crippen LogP contribution >= 0.6 is 23.1 Å². The molecule has 9 nitrogen and oxygen atoms in total. The molecule has 0 fully saturated rings. The van der Waals surface area contributed by atoms with Crippen molar-refractivity contribution in [1.29, 1.82) is 0 Å². The van der Waals surface area contributed by atoms with Gasteiger partial charge in [-0.05, 0) is 24.3 Å². The highest BCUT2D eigenvalue weighted by Crippen LogP contribution is 2.31. The number of benzene rings is 2. The number of hydrogen-bond acceptors (Lipinski definition) is 8. The molecular formula is C17H13N5O4S2. The first-order valence-corrected chi connectivity index (χ1v) is 9.85. The summed E-state index contributed by atoms with van der Waals surface area (Å²) in [4.78, 5) is 23.7. The van der Waals surface area contributed by atoms with Gasteiger partial charge in [-0.1, -0.05) is 35.2 Å². The van der Waals surface area contributed by atoms with Crippen molar-refractivity contribution < 1.29 is 14.5 Å². The summed E-state index contributed by atoms with van der Waals surface area (Å²) in [6.07, 6.45) is 0. The van der Waals surface area contributed by atoms with Gasteiger partial charge in [0.1, 0.15) is 11.4 Å². The summed E-state index contributed by atoms with van der Waals surface area (Å²) in [7, 11) is 1.42. The minimum atomic E-state index is -0.565. The van der Waals surface area contributed by atoms with E-state index in [4.69, 9.17) is 4.74 Å². The van der Waals surface area contributed by atoms with Crippen molar-refractivity contribution in [3.8, 4) is 5.75 Å². The number of rotatable bonds is 6. The maximum atomic E-state index is 12.3. The van der Waals surface area contributed by atoms with Gasteiger partial charge in [0.15, 0.2) is 5.16 Å². The molecule has 4 rings (SSSR count). The van der Waals surface area contributed by atoms with E-state index in [-0.39, 0.29) is 23.0 Å². The Labute approximate surface area is 166 Å². The number of carbonyl (C=O) groups excluding carboxylic acids is 1. The number of aromatic nitrogens is 3. The van der Waals surface area contributed by atoms with Gasteiger partial charge < -0.3 is 10.1 Å². The lowest BCUT2D eigenvalue weighted by Gasteiger charge is -2.07. The molecule has 0 radical (unpaired) electrons. The van der Waals surface area contributed by atoms with E-state index < -0.39 is 4.92 Å². The monoisotopic (exact) mass is 415 g/mol. The number of nitro groups is 1. The van der Waals surface area contributed by atoms with Gasteiger partial charge in [0.05, 0.1) is 34.1 Å². The summed E-state index contributed by atoms with van der Waals surface area (Å²) in [5.74, 6) is -0.00227. The summed E-state index contributed by atoms with van der Waals surface area (Å²) in [6, 6.07) is 12.1. The van der Waals surface area contributed by atoms with Crippen molar-refractivity contribution >= 4 is 55.6 Å². The number of nitrogens with zero attached hydrogens (tertiary/aromatic N) is 4. The Hall–Kier alpha value is -3.18. The van der Waals surface area contributed by atoms with Gasteiger partial charge in [0.2, 0.25) is 10.9 Å². The van der Waals surface area contributed by atoms with E-state index in [2.05, 4.69) is 15.5 Å². The number of thiazole rings is 1. The number of fused-ring (bicyclic) bond motifs is 3. The molecule has 2 aromatic heterocycles. The first kappa shape index (κ1) is 18.2. The molecule has 4 aromatic rings. The normalized spacial score (nSPS) is 11.0. The molecule has 28 heavy (non-hydrogen) atoms. The molecule has 2 heterocycles. The zero-order valence-electron chi connectivity index (χ0n) is 14.5. The van der Waals surface area contributed by atoms with Crippen LogP contribution in [0.2, 0.25) is 0 Å². The number of nitrogens with one attached hydrogen (secondary N) is 1. The zero-order chi connectivity index (χ0) is 19.7. The zero-order valence-corrected chi connectivity index (χ0v) is 16.1. The van der Waals surface area contributed by atoms with Crippen LogP contribution in [0.25, 0.3) is 15.2 Å². The molecule has 0 atom stereocenters. The van der Waals surface area contributed by atoms with E-state index in [0.717, 1.165) is 15.2 Å². The summed E-state index contributed by atoms with van der Waals surface area (Å²) < 4.78 is 7.96. The smallest absolute Gasteiger partial charge is 0.296 e. The van der Waals surface area contributed by atoms with Crippen molar-refractivity contribution in [1.82, 2.24) is 14.6 Å². The molecule has 0 bridgehead atoms. The molecule has 0 unspecified atom stereocenters. The summed E-state index contributed by atoms with van der Waals surface area (Å²) >= 11 is 2.73. The molecule has 0 aliphatic heterocycles. The topological polar surface area (TPSA) is 112 Å². The van der Waals surface area contributed by atoms with Crippen molar-refractivity contribution in [2.24, 2.45) is 0 Å². The van der Waals surface area contributed by atoms with Gasteiger partial charge in [0.25, 0.3) is 5.69 Å². The Kier molecular flexibility index (Phi) is 4.84. The predicted molar refractivity (Wildman–Crippen MR) is 107 cm³/mol. The Bertz CT molecular complexity index is 1200. The number of thioether (sulfide) groups is 1. The molecule has 142 valence electrons. The van der Waals surface area contributed by atoms with E-state index in [1.54, 1.807) is 6.07 Å². The highest BCUT2D eigenvalue weighted by atomic mass is 32.2. The van der Waals surface area contributed by atoms with Crippen LogP contribution in [0.4, 0.5) is 11.4 Å². The third-order valence-electron chi connectivity index (χ3n) is 3.92. The molecule has 1 amide bonds. The van der Waals surface area contributed by atoms with Crippen LogP contribution in [0, 0.1) is 10.1 Å². The summed E-state index contributed by atoms with van der Waals surface area (Å²) in [6.45, 7) is 0. The maximum absolute atomic E-state index is 12.3. The third kappa shape index (κ3) is 3.37. The first-order chi connectivity index (χ1) is 13.6. The van der Waals surface area contributed by atoms with Gasteiger partial charge in [-0.3, -0.25) is 19.3 Å². The third-order valence-corrected chi connectivity index (χ3v) is 5.86. The van der Waals surface area contributed by atoms with E-state index in [9.17, 15) is 14.9 Å². The van der Waals surface area contributed by atoms with Crippen LogP contribution < -0.4 is 10.1 Å². The average molecular weight is 415 g/mol. The first-order valence-electron chi connectivity index (χ1n) is 8.04. The lowest BCUT2D eigenvalue weighted by atomic mass is 10.2. The van der Waals surface area contributed by atoms with Crippen molar-refractivity contribution in [2.45, 2.75) is 5.16 Å². The number of ether oxygens (including phenoxy) is 1. The molecule has 0 spiro atoms. The Balaban J connectivity index is 1.51. The number of hydrogen-bond donors (Lipinski definition) is 1. The van der Waals surface area contributed by atoms with E-state index in [1.807, 2.05) is 28.7 Å². The van der Waals surface area contributed by atoms with Gasteiger partial charge in [0, 0.05) is 0 Å². The lowest BCUT2D eigenvalue weighted by Crippen LogP contribution is -2.15. The molecule has 0 aliphatic rings. The highest BCUT2D eigenvalue weighted by Gasteiger charge is 2.18. The van der Waals surface area contributed by atoms with Gasteiger partial charge in [-0.2, -0.15) is 0 Å². The number of amides is 1. The Morgan fingerprint density at radius 3 is 2.93 bits per heavy atom. The van der Waals surface area contributed by atoms with Crippen LogP contribution in [0.3, 0.4) is 0 Å². The van der Waals surface area contributed by atoms with E-state index in [1.165, 1.54) is 42.3 Å². The number of nitro benzene ring substituents is 1. The fraction of sp³-hybridized carbons (Fsp3) is 0.118. The number of para-hydroxylation sites is 1. The van der Waals surface area contributed by atoms with Crippen LogP contribution in [-0.4, -0.2) is 38.3 Å². The SMILES string of the molecule is COc1ccc(NC(=O)CSc2nnc3sc4ccccc4n23)c([N+](=O)[O-])c1. The minimum Gasteiger partial charge on any atom is -0.496 e. The molecule has 11 heteroatoms. The highest BCUT2D eigenvalue weighted by molar-refractivity contribution is 7.99. The van der Waals surface area contributed by atoms with Gasteiger partial charge >= 0.3 is 0 Å². The van der Waals surface area contributed by atoms with E-state index >= 15 is 0 Å². The van der Waals surface area contributed by atoms with Crippen molar-refractivity contribution in [3.05, 3.63) is 52.6 Å². The molecule has 0 saturated heterocycles. The fourth-order valence-electron chi connectivity index (χ4n) is 2.66. The Morgan fingerprint density at radius 2 is 2.14 bits per heavy atom. The molecular weight excluding hydrogens is 402 g/mol. The van der Waals surface area contributed by atoms with E-state index in [0.29, 0.717) is 10.9 Å².